The van der Waals surface area contributed by atoms with Gasteiger partial charge in [-0.05, 0) is 18.9 Å². The number of aromatic nitrogens is 1. The van der Waals surface area contributed by atoms with E-state index in [1.807, 2.05) is 6.92 Å². The van der Waals surface area contributed by atoms with E-state index in [9.17, 15) is 0 Å². The van der Waals surface area contributed by atoms with Gasteiger partial charge in [0.2, 0.25) is 0 Å². The predicted octanol–water partition coefficient (Wildman–Crippen LogP) is 2.01. The molecule has 3 N–H and O–H groups in total. The molecule has 1 heterocycles. The highest BCUT2D eigenvalue weighted by Crippen LogP contribution is 2.17. The molecule has 0 amide bonds. The summed E-state index contributed by atoms with van der Waals surface area (Å²) in [7, 11) is 0. The van der Waals surface area contributed by atoms with E-state index in [0.29, 0.717) is 36.2 Å². The van der Waals surface area contributed by atoms with Crippen LogP contribution < -0.4 is 11.1 Å². The van der Waals surface area contributed by atoms with Crippen molar-refractivity contribution < 1.29 is 4.74 Å². The lowest BCUT2D eigenvalue weighted by Crippen LogP contribution is -2.31. The van der Waals surface area contributed by atoms with E-state index in [-0.39, 0.29) is 6.04 Å². The minimum absolute atomic E-state index is 0.119. The second-order valence-corrected chi connectivity index (χ2v) is 4.43. The molecule has 0 aliphatic rings. The monoisotopic (exact) mass is 248 g/mol. The van der Waals surface area contributed by atoms with Crippen molar-refractivity contribution >= 4 is 11.5 Å². The molecule has 18 heavy (non-hydrogen) atoms. The highest BCUT2D eigenvalue weighted by molar-refractivity contribution is 5.57. The van der Waals surface area contributed by atoms with Gasteiger partial charge in [-0.1, -0.05) is 13.8 Å². The summed E-state index contributed by atoms with van der Waals surface area (Å²) >= 11 is 0. The molecule has 5 heteroatoms. The van der Waals surface area contributed by atoms with Crippen LogP contribution >= 0.6 is 0 Å². The third-order valence-electron chi connectivity index (χ3n) is 2.66. The van der Waals surface area contributed by atoms with Crippen LogP contribution in [0.4, 0.5) is 11.5 Å². The number of nitriles is 1. The van der Waals surface area contributed by atoms with Gasteiger partial charge in [-0.3, -0.25) is 0 Å². The Morgan fingerprint density at radius 3 is 2.83 bits per heavy atom. The number of nitrogens with zero attached hydrogens (tertiary/aromatic N) is 2. The second-order valence-electron chi connectivity index (χ2n) is 4.43. The van der Waals surface area contributed by atoms with Gasteiger partial charge in [-0.2, -0.15) is 5.26 Å². The number of hydrogen-bond acceptors (Lipinski definition) is 5. The molecule has 0 saturated heterocycles. The van der Waals surface area contributed by atoms with Gasteiger partial charge in [0.15, 0.2) is 0 Å². The molecule has 98 valence electrons. The van der Waals surface area contributed by atoms with Crippen molar-refractivity contribution in [3.05, 3.63) is 17.8 Å². The lowest BCUT2D eigenvalue weighted by atomic mass is 10.1. The normalized spacial score (nSPS) is 12.2. The molecule has 0 bridgehead atoms. The quantitative estimate of drug-likeness (QED) is 0.804. The van der Waals surface area contributed by atoms with Gasteiger partial charge in [-0.15, -0.1) is 0 Å². The molecule has 0 spiro atoms. The van der Waals surface area contributed by atoms with Crippen LogP contribution in [0, 0.1) is 17.2 Å². The molecule has 5 nitrogen and oxygen atoms in total. The Morgan fingerprint density at radius 1 is 1.56 bits per heavy atom. The molecule has 1 aromatic heterocycles. The summed E-state index contributed by atoms with van der Waals surface area (Å²) in [6.45, 7) is 7.41. The van der Waals surface area contributed by atoms with Crippen LogP contribution in [0.1, 0.15) is 26.3 Å². The Labute approximate surface area is 108 Å². The number of nitrogen functional groups attached to an aromatic ring is 1. The summed E-state index contributed by atoms with van der Waals surface area (Å²) in [5.41, 5.74) is 6.55. The first-order valence-electron chi connectivity index (χ1n) is 6.08. The fourth-order valence-electron chi connectivity index (χ4n) is 1.50. The van der Waals surface area contributed by atoms with Gasteiger partial charge in [0.05, 0.1) is 30.1 Å². The fraction of sp³-hybridized carbons (Fsp3) is 0.538. The molecule has 0 aliphatic heterocycles. The standard InChI is InChI=1S/C13H20N4O/c1-4-18-8-12(9(2)3)17-13-10(6-14)5-11(15)7-16-13/h5,7,9,12H,4,8,15H2,1-3H3,(H,16,17). The van der Waals surface area contributed by atoms with Crippen molar-refractivity contribution in [2.45, 2.75) is 26.8 Å². The molecule has 0 saturated carbocycles. The molecule has 0 fully saturated rings. The number of anilines is 2. The average Bonchev–Trinajstić information content (AvgIpc) is 2.35. The second kappa shape index (κ2) is 6.82. The third-order valence-corrected chi connectivity index (χ3v) is 2.66. The number of nitrogens with one attached hydrogen (secondary N) is 1. The number of rotatable bonds is 6. The van der Waals surface area contributed by atoms with Crippen molar-refractivity contribution in [2.75, 3.05) is 24.3 Å². The largest absolute Gasteiger partial charge is 0.397 e. The molecule has 1 atom stereocenters. The smallest absolute Gasteiger partial charge is 0.144 e. The zero-order valence-electron chi connectivity index (χ0n) is 11.1. The summed E-state index contributed by atoms with van der Waals surface area (Å²) in [4.78, 5) is 4.17. The summed E-state index contributed by atoms with van der Waals surface area (Å²) in [6, 6.07) is 3.83. The Kier molecular flexibility index (Phi) is 5.40. The van der Waals surface area contributed by atoms with Gasteiger partial charge in [0.1, 0.15) is 11.9 Å². The Bertz CT molecular complexity index is 425. The first-order valence-corrected chi connectivity index (χ1v) is 6.08. The van der Waals surface area contributed by atoms with Crippen LogP contribution in [0.25, 0.3) is 0 Å². The van der Waals surface area contributed by atoms with Crippen molar-refractivity contribution in [3.63, 3.8) is 0 Å². The maximum absolute atomic E-state index is 9.05. The zero-order valence-corrected chi connectivity index (χ0v) is 11.1. The summed E-state index contributed by atoms with van der Waals surface area (Å²) in [5, 5.41) is 12.3. The number of hydrogen-bond donors (Lipinski definition) is 2. The van der Waals surface area contributed by atoms with E-state index in [1.54, 1.807) is 12.3 Å². The minimum atomic E-state index is 0.119. The summed E-state index contributed by atoms with van der Waals surface area (Å²) < 4.78 is 5.43. The van der Waals surface area contributed by atoms with Gasteiger partial charge in [-0.25, -0.2) is 4.98 Å². The van der Waals surface area contributed by atoms with Gasteiger partial charge < -0.3 is 15.8 Å². The van der Waals surface area contributed by atoms with Crippen molar-refractivity contribution in [1.82, 2.24) is 4.98 Å². The van der Waals surface area contributed by atoms with E-state index in [2.05, 4.69) is 30.2 Å². The molecule has 1 unspecified atom stereocenters. The summed E-state index contributed by atoms with van der Waals surface area (Å²) in [5.74, 6) is 0.938. The number of pyridine rings is 1. The van der Waals surface area contributed by atoms with E-state index < -0.39 is 0 Å². The molecular weight excluding hydrogens is 228 g/mol. The lowest BCUT2D eigenvalue weighted by Gasteiger charge is -2.23. The maximum Gasteiger partial charge on any atom is 0.144 e. The van der Waals surface area contributed by atoms with E-state index in [4.69, 9.17) is 15.7 Å². The van der Waals surface area contributed by atoms with Crippen LogP contribution in [-0.4, -0.2) is 24.2 Å². The van der Waals surface area contributed by atoms with Gasteiger partial charge in [0.25, 0.3) is 0 Å². The highest BCUT2D eigenvalue weighted by Gasteiger charge is 2.15. The molecule has 0 aliphatic carbocycles. The first kappa shape index (κ1) is 14.3. The van der Waals surface area contributed by atoms with Crippen molar-refractivity contribution in [3.8, 4) is 6.07 Å². The topological polar surface area (TPSA) is 84.0 Å². The Morgan fingerprint density at radius 2 is 2.28 bits per heavy atom. The Balaban J connectivity index is 2.83. The van der Waals surface area contributed by atoms with Gasteiger partial charge >= 0.3 is 0 Å². The lowest BCUT2D eigenvalue weighted by molar-refractivity contribution is 0.126. The molecule has 0 aromatic carbocycles. The fourth-order valence-corrected chi connectivity index (χ4v) is 1.50. The third kappa shape index (κ3) is 3.90. The first-order chi connectivity index (χ1) is 8.58. The molecular formula is C13H20N4O. The van der Waals surface area contributed by atoms with Gasteiger partial charge in [0, 0.05) is 6.61 Å². The van der Waals surface area contributed by atoms with Crippen molar-refractivity contribution in [1.29, 1.82) is 5.26 Å². The Hall–Kier alpha value is -1.80. The van der Waals surface area contributed by atoms with Crippen LogP contribution in [0.3, 0.4) is 0 Å². The molecule has 1 aromatic rings. The molecule has 0 radical (unpaired) electrons. The number of nitrogens with two attached hydrogens (primary N) is 1. The SMILES string of the molecule is CCOCC(Nc1ncc(N)cc1C#N)C(C)C. The van der Waals surface area contributed by atoms with Crippen molar-refractivity contribution in [2.24, 2.45) is 5.92 Å². The van der Waals surface area contributed by atoms with Crippen LogP contribution in [0.2, 0.25) is 0 Å². The predicted molar refractivity (Wildman–Crippen MR) is 72.1 cm³/mol. The molecule has 1 rings (SSSR count). The van der Waals surface area contributed by atoms with E-state index in [0.717, 1.165) is 0 Å². The van der Waals surface area contributed by atoms with Crippen LogP contribution in [0.5, 0.6) is 0 Å². The number of ether oxygens (including phenoxy) is 1. The summed E-state index contributed by atoms with van der Waals surface area (Å²) in [6.07, 6.45) is 1.54. The van der Waals surface area contributed by atoms with E-state index in [1.165, 1.54) is 0 Å². The maximum atomic E-state index is 9.05. The van der Waals surface area contributed by atoms with E-state index >= 15 is 0 Å². The zero-order chi connectivity index (χ0) is 13.5. The minimum Gasteiger partial charge on any atom is -0.397 e. The van der Waals surface area contributed by atoms with Crippen LogP contribution in [0.15, 0.2) is 12.3 Å². The average molecular weight is 248 g/mol. The van der Waals surface area contributed by atoms with Crippen LogP contribution in [-0.2, 0) is 4.74 Å². The highest BCUT2D eigenvalue weighted by atomic mass is 16.5.